The first kappa shape index (κ1) is 15.4. The molecule has 0 bridgehead atoms. The second kappa shape index (κ2) is 5.99. The topological polar surface area (TPSA) is 77.9 Å². The third-order valence-electron chi connectivity index (χ3n) is 3.58. The summed E-state index contributed by atoms with van der Waals surface area (Å²) in [5.41, 5.74) is 0. The standard InChI is InChI=1S/C11H22N2O4S/c1-4-12(5-2)18(16,17)13-8-6-7-10(9(13)3)11(14)15/h9-10H,4-8H2,1-3H3,(H,14,15)/t9-,10-/m0/s1. The van der Waals surface area contributed by atoms with E-state index in [1.165, 1.54) is 8.61 Å². The zero-order valence-electron chi connectivity index (χ0n) is 11.2. The van der Waals surface area contributed by atoms with E-state index in [0.717, 1.165) is 0 Å². The quantitative estimate of drug-likeness (QED) is 0.805. The zero-order valence-corrected chi connectivity index (χ0v) is 12.0. The first-order chi connectivity index (χ1) is 8.36. The first-order valence-corrected chi connectivity index (χ1v) is 7.75. The Balaban J connectivity index is 2.97. The number of rotatable bonds is 5. The minimum atomic E-state index is -3.54. The van der Waals surface area contributed by atoms with Crippen LogP contribution in [0.2, 0.25) is 0 Å². The predicted molar refractivity (Wildman–Crippen MR) is 68.4 cm³/mol. The van der Waals surface area contributed by atoms with Gasteiger partial charge in [-0.25, -0.2) is 0 Å². The molecule has 0 amide bonds. The van der Waals surface area contributed by atoms with Crippen molar-refractivity contribution in [1.82, 2.24) is 8.61 Å². The Morgan fingerprint density at radius 3 is 2.39 bits per heavy atom. The van der Waals surface area contributed by atoms with E-state index < -0.39 is 28.1 Å². The van der Waals surface area contributed by atoms with Crippen LogP contribution in [0.5, 0.6) is 0 Å². The van der Waals surface area contributed by atoms with Gasteiger partial charge in [-0.3, -0.25) is 4.79 Å². The lowest BCUT2D eigenvalue weighted by atomic mass is 9.92. The minimum absolute atomic E-state index is 0.403. The van der Waals surface area contributed by atoms with Crippen LogP contribution in [0.4, 0.5) is 0 Å². The van der Waals surface area contributed by atoms with Gasteiger partial charge in [0.2, 0.25) is 0 Å². The van der Waals surface area contributed by atoms with Crippen molar-refractivity contribution in [1.29, 1.82) is 0 Å². The number of aliphatic carboxylic acids is 1. The molecule has 0 aromatic heterocycles. The third kappa shape index (κ3) is 2.84. The van der Waals surface area contributed by atoms with E-state index >= 15 is 0 Å². The van der Waals surface area contributed by atoms with Gasteiger partial charge in [-0.05, 0) is 19.8 Å². The lowest BCUT2D eigenvalue weighted by Crippen LogP contribution is -2.53. The number of carboxylic acid groups (broad SMARTS) is 1. The Kier molecular flexibility index (Phi) is 5.12. The van der Waals surface area contributed by atoms with Crippen LogP contribution < -0.4 is 0 Å². The molecule has 0 unspecified atom stereocenters. The van der Waals surface area contributed by atoms with Crippen LogP contribution in [0.3, 0.4) is 0 Å². The molecule has 6 nitrogen and oxygen atoms in total. The molecule has 1 N–H and O–H groups in total. The highest BCUT2D eigenvalue weighted by Gasteiger charge is 2.40. The van der Waals surface area contributed by atoms with Gasteiger partial charge in [0.15, 0.2) is 0 Å². The van der Waals surface area contributed by atoms with Crippen molar-refractivity contribution in [2.24, 2.45) is 5.92 Å². The Morgan fingerprint density at radius 2 is 1.94 bits per heavy atom. The molecule has 1 aliphatic heterocycles. The summed E-state index contributed by atoms with van der Waals surface area (Å²) in [6.07, 6.45) is 1.14. The maximum Gasteiger partial charge on any atom is 0.308 e. The van der Waals surface area contributed by atoms with Gasteiger partial charge in [0, 0.05) is 25.7 Å². The lowest BCUT2D eigenvalue weighted by Gasteiger charge is -2.38. The summed E-state index contributed by atoms with van der Waals surface area (Å²) in [7, 11) is -3.54. The highest BCUT2D eigenvalue weighted by Crippen LogP contribution is 2.27. The number of carbonyl (C=O) groups is 1. The molecule has 18 heavy (non-hydrogen) atoms. The van der Waals surface area contributed by atoms with E-state index in [-0.39, 0.29) is 0 Å². The monoisotopic (exact) mass is 278 g/mol. The average molecular weight is 278 g/mol. The first-order valence-electron chi connectivity index (χ1n) is 6.35. The Bertz CT molecular complexity index is 392. The molecule has 1 heterocycles. The van der Waals surface area contributed by atoms with Gasteiger partial charge in [-0.15, -0.1) is 0 Å². The molecule has 1 aliphatic rings. The fourth-order valence-electron chi connectivity index (χ4n) is 2.47. The zero-order chi connectivity index (χ0) is 13.9. The SMILES string of the molecule is CCN(CC)S(=O)(=O)N1CCC[C@H](C(=O)O)[C@@H]1C. The van der Waals surface area contributed by atoms with Crippen molar-refractivity contribution in [2.75, 3.05) is 19.6 Å². The fraction of sp³-hybridized carbons (Fsp3) is 0.909. The second-order valence-corrected chi connectivity index (χ2v) is 6.41. The van der Waals surface area contributed by atoms with Crippen molar-refractivity contribution >= 4 is 16.2 Å². The van der Waals surface area contributed by atoms with Crippen molar-refractivity contribution in [2.45, 2.75) is 39.7 Å². The predicted octanol–water partition coefficient (Wildman–Crippen LogP) is 0.758. The molecule has 106 valence electrons. The normalized spacial score (nSPS) is 26.4. The molecular weight excluding hydrogens is 256 g/mol. The van der Waals surface area contributed by atoms with Gasteiger partial charge in [0.05, 0.1) is 5.92 Å². The summed E-state index contributed by atoms with van der Waals surface area (Å²) in [4.78, 5) is 11.1. The molecule has 0 aromatic rings. The molecular formula is C11H22N2O4S. The second-order valence-electron chi connectivity index (χ2n) is 4.53. The third-order valence-corrected chi connectivity index (χ3v) is 5.85. The van der Waals surface area contributed by atoms with Crippen LogP contribution in [-0.2, 0) is 15.0 Å². The van der Waals surface area contributed by atoms with Gasteiger partial charge in [0.1, 0.15) is 0 Å². The lowest BCUT2D eigenvalue weighted by molar-refractivity contribution is -0.144. The molecule has 1 fully saturated rings. The number of hydrogen-bond donors (Lipinski definition) is 1. The van der Waals surface area contributed by atoms with E-state index in [9.17, 15) is 13.2 Å². The molecule has 0 radical (unpaired) electrons. The summed E-state index contributed by atoms with van der Waals surface area (Å²) in [5.74, 6) is -1.52. The Hall–Kier alpha value is -0.660. The highest BCUT2D eigenvalue weighted by molar-refractivity contribution is 7.86. The Morgan fingerprint density at radius 1 is 1.39 bits per heavy atom. The molecule has 0 aromatic carbocycles. The number of piperidine rings is 1. The van der Waals surface area contributed by atoms with Crippen LogP contribution in [0.15, 0.2) is 0 Å². The van der Waals surface area contributed by atoms with Crippen molar-refractivity contribution < 1.29 is 18.3 Å². The van der Waals surface area contributed by atoms with Crippen molar-refractivity contribution in [3.05, 3.63) is 0 Å². The Labute approximate surface area is 109 Å². The molecule has 1 rings (SSSR count). The summed E-state index contributed by atoms with van der Waals surface area (Å²) in [6.45, 7) is 6.46. The van der Waals surface area contributed by atoms with Gasteiger partial charge < -0.3 is 5.11 Å². The van der Waals surface area contributed by atoms with Crippen LogP contribution >= 0.6 is 0 Å². The highest BCUT2D eigenvalue weighted by atomic mass is 32.2. The van der Waals surface area contributed by atoms with E-state index in [4.69, 9.17) is 5.11 Å². The molecule has 1 saturated heterocycles. The molecule has 0 saturated carbocycles. The molecule has 0 aliphatic carbocycles. The van der Waals surface area contributed by atoms with E-state index in [0.29, 0.717) is 32.5 Å². The number of nitrogens with zero attached hydrogens (tertiary/aromatic N) is 2. The molecule has 0 spiro atoms. The minimum Gasteiger partial charge on any atom is -0.481 e. The summed E-state index contributed by atoms with van der Waals surface area (Å²) in [6, 6.07) is -0.484. The molecule has 2 atom stereocenters. The maximum absolute atomic E-state index is 12.4. The number of carboxylic acids is 1. The van der Waals surface area contributed by atoms with Crippen LogP contribution in [0.1, 0.15) is 33.6 Å². The van der Waals surface area contributed by atoms with Gasteiger partial charge in [-0.2, -0.15) is 17.0 Å². The van der Waals surface area contributed by atoms with E-state index in [1.807, 2.05) is 0 Å². The smallest absolute Gasteiger partial charge is 0.308 e. The van der Waals surface area contributed by atoms with Crippen molar-refractivity contribution in [3.63, 3.8) is 0 Å². The van der Waals surface area contributed by atoms with Gasteiger partial charge in [-0.1, -0.05) is 13.8 Å². The van der Waals surface area contributed by atoms with E-state index in [2.05, 4.69) is 0 Å². The molecule has 7 heteroatoms. The largest absolute Gasteiger partial charge is 0.481 e. The fourth-order valence-corrected chi connectivity index (χ4v) is 4.34. The van der Waals surface area contributed by atoms with Crippen LogP contribution in [0.25, 0.3) is 0 Å². The van der Waals surface area contributed by atoms with Gasteiger partial charge in [0.25, 0.3) is 10.2 Å². The van der Waals surface area contributed by atoms with Crippen LogP contribution in [-0.4, -0.2) is 53.8 Å². The van der Waals surface area contributed by atoms with Crippen molar-refractivity contribution in [3.8, 4) is 0 Å². The van der Waals surface area contributed by atoms with E-state index in [1.54, 1.807) is 20.8 Å². The van der Waals surface area contributed by atoms with Crippen LogP contribution in [0, 0.1) is 5.92 Å². The maximum atomic E-state index is 12.4. The summed E-state index contributed by atoms with van der Waals surface area (Å²) < 4.78 is 27.5. The average Bonchev–Trinajstić information content (AvgIpc) is 2.29. The summed E-state index contributed by atoms with van der Waals surface area (Å²) in [5, 5.41) is 9.11. The number of hydrogen-bond acceptors (Lipinski definition) is 3. The van der Waals surface area contributed by atoms with Gasteiger partial charge >= 0.3 is 5.97 Å². The summed E-state index contributed by atoms with van der Waals surface area (Å²) >= 11 is 0.